The van der Waals surface area contributed by atoms with E-state index in [1.165, 1.54) is 28.6 Å². The van der Waals surface area contributed by atoms with Crippen molar-refractivity contribution in [3.05, 3.63) is 29.8 Å². The predicted octanol–water partition coefficient (Wildman–Crippen LogP) is 2.14. The molecule has 1 N–H and O–H groups in total. The molecule has 1 aliphatic heterocycles. The van der Waals surface area contributed by atoms with Crippen molar-refractivity contribution < 1.29 is 26.7 Å². The zero-order chi connectivity index (χ0) is 17.3. The van der Waals surface area contributed by atoms with Crippen LogP contribution >= 0.6 is 0 Å². The van der Waals surface area contributed by atoms with Gasteiger partial charge in [-0.1, -0.05) is 11.8 Å². The van der Waals surface area contributed by atoms with Crippen molar-refractivity contribution >= 4 is 10.0 Å². The molecule has 1 aromatic rings. The van der Waals surface area contributed by atoms with E-state index in [1.807, 2.05) is 0 Å². The highest BCUT2D eigenvalue weighted by Crippen LogP contribution is 2.29. The second kappa shape index (κ2) is 6.15. The third-order valence-corrected chi connectivity index (χ3v) is 5.47. The Morgan fingerprint density at radius 2 is 1.65 bits per heavy atom. The minimum Gasteiger partial charge on any atom is -0.370 e. The Bertz CT molecular complexity index is 722. The first kappa shape index (κ1) is 17.8. The molecule has 0 radical (unpaired) electrons. The van der Waals surface area contributed by atoms with Gasteiger partial charge in [0.25, 0.3) is 0 Å². The van der Waals surface area contributed by atoms with Gasteiger partial charge < -0.3 is 5.11 Å². The van der Waals surface area contributed by atoms with Crippen LogP contribution in [-0.4, -0.2) is 42.7 Å². The monoisotopic (exact) mass is 347 g/mol. The summed E-state index contributed by atoms with van der Waals surface area (Å²) in [6.45, 7) is 1.50. The van der Waals surface area contributed by atoms with Crippen LogP contribution in [0.15, 0.2) is 29.2 Å². The van der Waals surface area contributed by atoms with Crippen LogP contribution < -0.4 is 0 Å². The molecule has 126 valence electrons. The molecule has 0 bridgehead atoms. The van der Waals surface area contributed by atoms with E-state index in [1.54, 1.807) is 5.92 Å². The molecule has 0 aromatic heterocycles. The van der Waals surface area contributed by atoms with Crippen molar-refractivity contribution in [2.45, 2.75) is 36.4 Å². The molecule has 1 saturated heterocycles. The Morgan fingerprint density at radius 3 is 2.13 bits per heavy atom. The first-order valence-corrected chi connectivity index (χ1v) is 8.40. The molecule has 2 rings (SSSR count). The van der Waals surface area contributed by atoms with Gasteiger partial charge in [-0.3, -0.25) is 0 Å². The molecule has 1 fully saturated rings. The highest BCUT2D eigenvalue weighted by Gasteiger charge is 2.48. The highest BCUT2D eigenvalue weighted by atomic mass is 32.2. The van der Waals surface area contributed by atoms with Gasteiger partial charge in [-0.25, -0.2) is 8.42 Å². The summed E-state index contributed by atoms with van der Waals surface area (Å²) in [4.78, 5) is 0.0764. The summed E-state index contributed by atoms with van der Waals surface area (Å²) in [5.74, 6) is 3.96. The van der Waals surface area contributed by atoms with Crippen LogP contribution in [0.4, 0.5) is 13.2 Å². The molecule has 0 saturated carbocycles. The summed E-state index contributed by atoms with van der Waals surface area (Å²) in [5, 5.41) is 9.24. The standard InChI is InChI=1S/C15H16F3NO3S/c1-14(20,15(16,17)18)9-8-12-4-6-13(7-5-12)23(21,22)19-10-2-3-11-19/h4-7,20H,2-3,10-11H2,1H3. The fourth-order valence-electron chi connectivity index (χ4n) is 2.05. The quantitative estimate of drug-likeness (QED) is 0.834. The minimum absolute atomic E-state index is 0.0764. The Balaban J connectivity index is 2.21. The highest BCUT2D eigenvalue weighted by molar-refractivity contribution is 7.89. The van der Waals surface area contributed by atoms with Gasteiger partial charge in [-0.2, -0.15) is 17.5 Å². The molecule has 1 aromatic carbocycles. The second-order valence-electron chi connectivity index (χ2n) is 5.46. The average Bonchev–Trinajstić information content (AvgIpc) is 2.99. The summed E-state index contributed by atoms with van der Waals surface area (Å²) in [6.07, 6.45) is -3.23. The fraction of sp³-hybridized carbons (Fsp3) is 0.467. The van der Waals surface area contributed by atoms with Crippen LogP contribution in [0.1, 0.15) is 25.3 Å². The van der Waals surface area contributed by atoms with Crippen LogP contribution in [0, 0.1) is 11.8 Å². The van der Waals surface area contributed by atoms with Gasteiger partial charge in [-0.15, -0.1) is 0 Å². The lowest BCUT2D eigenvalue weighted by molar-refractivity contribution is -0.228. The summed E-state index contributed by atoms with van der Waals surface area (Å²) >= 11 is 0. The van der Waals surface area contributed by atoms with E-state index in [0.29, 0.717) is 20.0 Å². The van der Waals surface area contributed by atoms with E-state index in [0.717, 1.165) is 12.8 Å². The van der Waals surface area contributed by atoms with Crippen molar-refractivity contribution in [2.24, 2.45) is 0 Å². The van der Waals surface area contributed by atoms with Gasteiger partial charge in [0, 0.05) is 18.7 Å². The molecule has 0 spiro atoms. The molecule has 1 atom stereocenters. The van der Waals surface area contributed by atoms with Crippen LogP contribution in [0.3, 0.4) is 0 Å². The van der Waals surface area contributed by atoms with Gasteiger partial charge in [0.05, 0.1) is 4.90 Å². The summed E-state index contributed by atoms with van der Waals surface area (Å²) < 4.78 is 63.4. The fourth-order valence-corrected chi connectivity index (χ4v) is 3.57. The number of aliphatic hydroxyl groups is 1. The van der Waals surface area contributed by atoms with E-state index in [9.17, 15) is 26.7 Å². The van der Waals surface area contributed by atoms with Gasteiger partial charge in [-0.05, 0) is 44.0 Å². The Kier molecular flexibility index (Phi) is 4.76. The van der Waals surface area contributed by atoms with Crippen molar-refractivity contribution in [3.63, 3.8) is 0 Å². The maximum absolute atomic E-state index is 12.5. The maximum atomic E-state index is 12.5. The third-order valence-electron chi connectivity index (χ3n) is 3.56. The lowest BCUT2D eigenvalue weighted by Gasteiger charge is -2.19. The number of benzene rings is 1. The van der Waals surface area contributed by atoms with Gasteiger partial charge >= 0.3 is 6.18 Å². The Labute approximate surface area is 133 Å². The number of rotatable bonds is 2. The van der Waals surface area contributed by atoms with E-state index < -0.39 is 21.8 Å². The number of sulfonamides is 1. The number of hydrogen-bond acceptors (Lipinski definition) is 3. The van der Waals surface area contributed by atoms with Crippen molar-refractivity contribution in [1.82, 2.24) is 4.31 Å². The van der Waals surface area contributed by atoms with Gasteiger partial charge in [0.2, 0.25) is 15.6 Å². The average molecular weight is 347 g/mol. The van der Waals surface area contributed by atoms with Crippen LogP contribution in [0.2, 0.25) is 0 Å². The second-order valence-corrected chi connectivity index (χ2v) is 7.39. The zero-order valence-electron chi connectivity index (χ0n) is 12.4. The third kappa shape index (κ3) is 3.86. The topological polar surface area (TPSA) is 57.6 Å². The van der Waals surface area contributed by atoms with E-state index in [2.05, 4.69) is 5.92 Å². The summed E-state index contributed by atoms with van der Waals surface area (Å²) in [6, 6.07) is 5.25. The number of hydrogen-bond donors (Lipinski definition) is 1. The van der Waals surface area contributed by atoms with E-state index >= 15 is 0 Å². The van der Waals surface area contributed by atoms with Crippen molar-refractivity contribution in [1.29, 1.82) is 0 Å². The molecule has 0 aliphatic carbocycles. The molecule has 4 nitrogen and oxygen atoms in total. The predicted molar refractivity (Wildman–Crippen MR) is 78.0 cm³/mol. The normalized spacial score (nSPS) is 19.0. The number of alkyl halides is 3. The van der Waals surface area contributed by atoms with Crippen molar-refractivity contribution in [3.8, 4) is 11.8 Å². The molecule has 0 amide bonds. The zero-order valence-corrected chi connectivity index (χ0v) is 13.2. The first-order chi connectivity index (χ1) is 10.5. The first-order valence-electron chi connectivity index (χ1n) is 6.96. The number of nitrogens with zero attached hydrogens (tertiary/aromatic N) is 1. The summed E-state index contributed by atoms with van der Waals surface area (Å²) in [5.41, 5.74) is -2.93. The molecule has 8 heteroatoms. The molecule has 1 heterocycles. The van der Waals surface area contributed by atoms with Crippen LogP contribution in [0.25, 0.3) is 0 Å². The molecule has 1 unspecified atom stereocenters. The van der Waals surface area contributed by atoms with Crippen LogP contribution in [-0.2, 0) is 10.0 Å². The van der Waals surface area contributed by atoms with Crippen molar-refractivity contribution in [2.75, 3.05) is 13.1 Å². The molecule has 23 heavy (non-hydrogen) atoms. The summed E-state index contributed by atoms with van der Waals surface area (Å²) in [7, 11) is -3.57. The Hall–Kier alpha value is -1.56. The largest absolute Gasteiger partial charge is 0.428 e. The Morgan fingerprint density at radius 1 is 1.13 bits per heavy atom. The molecular weight excluding hydrogens is 331 g/mol. The van der Waals surface area contributed by atoms with Gasteiger partial charge in [0.15, 0.2) is 0 Å². The lowest BCUT2D eigenvalue weighted by atomic mass is 10.1. The lowest BCUT2D eigenvalue weighted by Crippen LogP contribution is -2.40. The minimum atomic E-state index is -4.86. The maximum Gasteiger partial charge on any atom is 0.428 e. The van der Waals surface area contributed by atoms with Crippen LogP contribution in [0.5, 0.6) is 0 Å². The molecular formula is C15H16F3NO3S. The smallest absolute Gasteiger partial charge is 0.370 e. The van der Waals surface area contributed by atoms with Gasteiger partial charge in [0.1, 0.15) is 0 Å². The SMILES string of the molecule is CC(O)(C#Cc1ccc(S(=O)(=O)N2CCCC2)cc1)C(F)(F)F. The molecule has 1 aliphatic rings. The number of halogens is 3. The van der Waals surface area contributed by atoms with E-state index in [4.69, 9.17) is 0 Å². The van der Waals surface area contributed by atoms with E-state index in [-0.39, 0.29) is 10.5 Å².